The van der Waals surface area contributed by atoms with E-state index in [0.717, 1.165) is 68.8 Å². The van der Waals surface area contributed by atoms with Gasteiger partial charge in [0, 0.05) is 93.4 Å². The average molecular weight is 932 g/mol. The zero-order chi connectivity index (χ0) is 46.6. The standard InChI is InChI=1S/C49H57N9O8S/c1-31(2)37-7-4-5-8-38(37)41-9-6-16-57(41)34-27-49(28-34)13-17-56(18-14-49)33-10-11-39(43(24-33)65-35-23-32-12-15-50-46(32)51-29-35)47(59)53-67(63,64)36-25-42(58(61)62)45-44(26-36)66-48(60)40(52-45)30-55-21-19-54(3)20-22-55/h4-5,7-8,10-12,15,23-26,29,31,34,40-41,52H,6,9,13-14,16-22,27-28,30H2,1-3H3,(H,50,51)(H,53,59)/t40-,41-/m0/s1. The molecular weight excluding hydrogens is 875 g/mol. The fourth-order valence-corrected chi connectivity index (χ4v) is 12.0. The van der Waals surface area contributed by atoms with E-state index in [4.69, 9.17) is 9.47 Å². The third-order valence-corrected chi connectivity index (χ3v) is 16.0. The van der Waals surface area contributed by atoms with Crippen molar-refractivity contribution in [3.8, 4) is 17.2 Å². The molecular formula is C49H57N9O8S. The van der Waals surface area contributed by atoms with Crippen molar-refractivity contribution in [1.82, 2.24) is 29.4 Å². The number of piperazine rings is 1. The zero-order valence-corrected chi connectivity index (χ0v) is 38.9. The maximum Gasteiger partial charge on any atom is 0.335 e. The number of nitrogens with zero attached hydrogens (tertiary/aromatic N) is 6. The first-order valence-corrected chi connectivity index (χ1v) is 24.8. The Morgan fingerprint density at radius 3 is 2.55 bits per heavy atom. The number of sulfonamides is 1. The summed E-state index contributed by atoms with van der Waals surface area (Å²) in [6, 6.07) is 19.6. The number of rotatable bonds is 12. The minimum absolute atomic E-state index is 0.0803. The van der Waals surface area contributed by atoms with Crippen LogP contribution in [0, 0.1) is 15.5 Å². The summed E-state index contributed by atoms with van der Waals surface area (Å²) >= 11 is 0. The lowest BCUT2D eigenvalue weighted by Gasteiger charge is -2.56. The van der Waals surface area contributed by atoms with Crippen molar-refractivity contribution < 1.29 is 32.4 Å². The molecule has 0 bridgehead atoms. The van der Waals surface area contributed by atoms with Crippen molar-refractivity contribution in [1.29, 1.82) is 0 Å². The molecule has 5 aromatic rings. The Balaban J connectivity index is 0.856. The molecule has 4 aliphatic heterocycles. The van der Waals surface area contributed by atoms with Gasteiger partial charge in [0.05, 0.1) is 21.6 Å². The Bertz CT molecular complexity index is 2830. The van der Waals surface area contributed by atoms with Crippen LogP contribution >= 0.6 is 0 Å². The summed E-state index contributed by atoms with van der Waals surface area (Å²) in [6.45, 7) is 10.6. The second-order valence-corrected chi connectivity index (χ2v) is 21.0. The minimum atomic E-state index is -4.77. The first-order chi connectivity index (χ1) is 32.2. The lowest BCUT2D eigenvalue weighted by molar-refractivity contribution is -0.384. The van der Waals surface area contributed by atoms with Crippen molar-refractivity contribution in [2.24, 2.45) is 5.41 Å². The summed E-state index contributed by atoms with van der Waals surface area (Å²) in [6.07, 6.45) is 10.1. The second kappa shape index (κ2) is 17.9. The van der Waals surface area contributed by atoms with Gasteiger partial charge in [-0.3, -0.25) is 24.7 Å². The maximum absolute atomic E-state index is 14.1. The number of esters is 1. The average Bonchev–Trinajstić information content (AvgIpc) is 3.99. The van der Waals surface area contributed by atoms with E-state index in [1.165, 1.54) is 49.1 Å². The number of piperidine rings is 1. The number of carbonyl (C=O) groups excluding carboxylic acids is 2. The van der Waals surface area contributed by atoms with Gasteiger partial charge in [0.15, 0.2) is 11.4 Å². The third kappa shape index (κ3) is 8.94. The number of likely N-dealkylation sites (tertiary alicyclic amines) is 1. The number of pyridine rings is 1. The number of nitro groups is 1. The molecule has 1 saturated carbocycles. The van der Waals surface area contributed by atoms with E-state index in [9.17, 15) is 28.1 Å². The number of anilines is 2. The predicted molar refractivity (Wildman–Crippen MR) is 253 cm³/mol. The number of aromatic amines is 1. The molecule has 17 nitrogen and oxygen atoms in total. The topological polar surface area (TPSA) is 196 Å². The summed E-state index contributed by atoms with van der Waals surface area (Å²) in [5.74, 6) is -1.12. The monoisotopic (exact) mass is 931 g/mol. The SMILES string of the molecule is CC(C)c1ccccc1[C@@H]1CCCN1C1CC2(CCN(c3ccc(C(=O)NS(=O)(=O)c4cc5c(c([N+](=O)[O-])c4)N[C@@H](CN4CCN(C)CC4)C(=O)O5)c(Oc4cnc5[nH]ccc5c4)c3)CC2)C1. The number of nitrogens with one attached hydrogen (secondary N) is 3. The number of carbonyl (C=O) groups is 2. The molecule has 0 radical (unpaired) electrons. The molecule has 18 heteroatoms. The van der Waals surface area contributed by atoms with Gasteiger partial charge in [0.25, 0.3) is 21.6 Å². The minimum Gasteiger partial charge on any atom is -0.455 e. The number of benzene rings is 3. The molecule has 67 heavy (non-hydrogen) atoms. The van der Waals surface area contributed by atoms with Crippen molar-refractivity contribution >= 4 is 50.0 Å². The normalized spacial score (nSPS) is 21.5. The highest BCUT2D eigenvalue weighted by Crippen LogP contribution is 2.54. The van der Waals surface area contributed by atoms with Crippen molar-refractivity contribution in [2.45, 2.75) is 81.3 Å². The summed E-state index contributed by atoms with van der Waals surface area (Å²) in [7, 11) is -2.76. The van der Waals surface area contributed by atoms with Crippen molar-refractivity contribution in [3.63, 3.8) is 0 Å². The van der Waals surface area contributed by atoms with E-state index in [1.54, 1.807) is 24.4 Å². The Morgan fingerprint density at radius 1 is 1.01 bits per heavy atom. The van der Waals surface area contributed by atoms with Crippen LogP contribution in [0.3, 0.4) is 0 Å². The molecule has 0 unspecified atom stereocenters. The highest BCUT2D eigenvalue weighted by Gasteiger charge is 2.50. The highest BCUT2D eigenvalue weighted by molar-refractivity contribution is 7.90. The number of hydrogen-bond donors (Lipinski definition) is 3. The first-order valence-electron chi connectivity index (χ1n) is 23.4. The number of H-pyrrole nitrogens is 1. The van der Waals surface area contributed by atoms with Gasteiger partial charge in [-0.1, -0.05) is 38.1 Å². The van der Waals surface area contributed by atoms with E-state index in [0.29, 0.717) is 42.5 Å². The Morgan fingerprint density at radius 2 is 1.79 bits per heavy atom. The quantitative estimate of drug-likeness (QED) is 0.0499. The molecule has 2 atom stereocenters. The van der Waals surface area contributed by atoms with Crippen molar-refractivity contribution in [3.05, 3.63) is 106 Å². The van der Waals surface area contributed by atoms with Gasteiger partial charge in [0.2, 0.25) is 0 Å². The van der Waals surface area contributed by atoms with Gasteiger partial charge >= 0.3 is 5.97 Å². The number of likely N-dealkylation sites (N-methyl/N-ethyl adjacent to an activating group) is 1. The predicted octanol–water partition coefficient (Wildman–Crippen LogP) is 7.04. The van der Waals surface area contributed by atoms with E-state index in [1.807, 2.05) is 13.1 Å². The number of aromatic nitrogens is 2. The van der Waals surface area contributed by atoms with Crippen LogP contribution in [0.5, 0.6) is 17.2 Å². The lowest BCUT2D eigenvalue weighted by Crippen LogP contribution is -2.54. The van der Waals surface area contributed by atoms with Gasteiger partial charge in [-0.2, -0.15) is 0 Å². The van der Waals surface area contributed by atoms with Gasteiger partial charge < -0.3 is 29.6 Å². The number of fused-ring (bicyclic) bond motifs is 2. The van der Waals surface area contributed by atoms with Crippen LogP contribution in [0.15, 0.2) is 84.0 Å². The van der Waals surface area contributed by atoms with E-state index in [-0.39, 0.29) is 34.7 Å². The Kier molecular flexibility index (Phi) is 11.9. The van der Waals surface area contributed by atoms with Gasteiger partial charge in [-0.25, -0.2) is 22.9 Å². The van der Waals surface area contributed by atoms with Gasteiger partial charge in [0.1, 0.15) is 23.2 Å². The van der Waals surface area contributed by atoms with Gasteiger partial charge in [-0.05, 0) is 98.8 Å². The number of ether oxygens (including phenoxy) is 2. The highest BCUT2D eigenvalue weighted by atomic mass is 32.2. The Labute approximate surface area is 390 Å². The smallest absolute Gasteiger partial charge is 0.335 e. The Hall–Kier alpha value is -6.08. The second-order valence-electron chi connectivity index (χ2n) is 19.3. The first kappa shape index (κ1) is 44.7. The van der Waals surface area contributed by atoms with Crippen LogP contribution in [-0.4, -0.2) is 121 Å². The fourth-order valence-electron chi connectivity index (χ4n) is 11.0. The number of amides is 1. The maximum atomic E-state index is 14.1. The molecule has 6 heterocycles. The largest absolute Gasteiger partial charge is 0.455 e. The molecule has 3 N–H and O–H groups in total. The van der Waals surface area contributed by atoms with Crippen LogP contribution in [0.2, 0.25) is 0 Å². The summed E-state index contributed by atoms with van der Waals surface area (Å²) in [5.41, 5.74) is 3.89. The van der Waals surface area contributed by atoms with Crippen LogP contribution in [0.25, 0.3) is 11.0 Å². The van der Waals surface area contributed by atoms with E-state index in [2.05, 4.69) is 77.7 Å². The summed E-state index contributed by atoms with van der Waals surface area (Å²) in [5, 5.41) is 16.1. The zero-order valence-electron chi connectivity index (χ0n) is 38.1. The molecule has 5 aliphatic rings. The van der Waals surface area contributed by atoms with E-state index >= 15 is 0 Å². The molecule has 1 spiro atoms. The number of hydrogen-bond acceptors (Lipinski definition) is 14. The van der Waals surface area contributed by atoms with Gasteiger partial charge in [-0.15, -0.1) is 0 Å². The third-order valence-electron chi connectivity index (χ3n) is 14.7. The van der Waals surface area contributed by atoms with Crippen LogP contribution < -0.4 is 24.4 Å². The summed E-state index contributed by atoms with van der Waals surface area (Å²) in [4.78, 5) is 55.0. The lowest BCUT2D eigenvalue weighted by atomic mass is 9.59. The molecule has 2 aromatic heterocycles. The van der Waals surface area contributed by atoms with E-state index < -0.39 is 43.4 Å². The molecule has 1 aliphatic carbocycles. The van der Waals surface area contributed by atoms with Crippen LogP contribution in [0.4, 0.5) is 17.1 Å². The fraction of sp³-hybridized carbons (Fsp3) is 0.449. The van der Waals surface area contributed by atoms with Crippen molar-refractivity contribution in [2.75, 3.05) is 69.6 Å². The van der Waals surface area contributed by atoms with Crippen LogP contribution in [-0.2, 0) is 14.8 Å². The molecule has 3 saturated heterocycles. The molecule has 1 amide bonds. The molecule has 352 valence electrons. The molecule has 3 aromatic carbocycles. The van der Waals surface area contributed by atoms with Crippen LogP contribution in [0.1, 0.15) is 85.8 Å². The molecule has 10 rings (SSSR count). The summed E-state index contributed by atoms with van der Waals surface area (Å²) < 4.78 is 41.9. The molecule has 4 fully saturated rings. The number of nitro benzene ring substituents is 1.